The molecule has 7 heteroatoms. The minimum absolute atomic E-state index is 0.237. The van der Waals surface area contributed by atoms with Gasteiger partial charge < -0.3 is 5.32 Å². The molecule has 0 fully saturated rings. The molecule has 0 saturated heterocycles. The summed E-state index contributed by atoms with van der Waals surface area (Å²) < 4.78 is 3.38. The van der Waals surface area contributed by atoms with Crippen LogP contribution in [-0.2, 0) is 6.54 Å². The Hall–Kier alpha value is -2.60. The van der Waals surface area contributed by atoms with Crippen molar-refractivity contribution >= 4 is 23.2 Å². The lowest BCUT2D eigenvalue weighted by Gasteiger charge is -2.03. The lowest BCUT2D eigenvalue weighted by Crippen LogP contribution is -2.10. The molecule has 1 amide bonds. The Labute approximate surface area is 138 Å². The number of rotatable bonds is 5. The molecule has 0 aliphatic heterocycles. The first-order chi connectivity index (χ1) is 11.2. The van der Waals surface area contributed by atoms with Crippen LogP contribution in [0.15, 0.2) is 49.1 Å². The molecule has 1 aromatic carbocycles. The van der Waals surface area contributed by atoms with Crippen LogP contribution in [0.3, 0.4) is 0 Å². The van der Waals surface area contributed by atoms with Crippen LogP contribution in [0, 0.1) is 0 Å². The smallest absolute Gasteiger partial charge is 0.258 e. The zero-order chi connectivity index (χ0) is 16.2. The summed E-state index contributed by atoms with van der Waals surface area (Å²) in [6, 6.07) is 7.33. The van der Waals surface area contributed by atoms with E-state index in [1.54, 1.807) is 34.0 Å². The Bertz CT molecular complexity index is 823. The SMILES string of the molecule is CCCn1cc(NC(=O)c2cnn(-c3ccccc3Cl)c2)cn1. The molecule has 3 rings (SSSR count). The van der Waals surface area contributed by atoms with E-state index in [1.165, 1.54) is 6.20 Å². The van der Waals surface area contributed by atoms with Gasteiger partial charge in [-0.1, -0.05) is 30.7 Å². The molecular weight excluding hydrogens is 314 g/mol. The molecule has 23 heavy (non-hydrogen) atoms. The summed E-state index contributed by atoms with van der Waals surface area (Å²) in [5.41, 5.74) is 1.84. The lowest BCUT2D eigenvalue weighted by atomic mass is 10.3. The van der Waals surface area contributed by atoms with Gasteiger partial charge in [-0.15, -0.1) is 0 Å². The van der Waals surface area contributed by atoms with E-state index in [-0.39, 0.29) is 5.91 Å². The number of amides is 1. The van der Waals surface area contributed by atoms with E-state index in [0.29, 0.717) is 16.3 Å². The second kappa shape index (κ2) is 6.66. The molecule has 2 heterocycles. The summed E-state index contributed by atoms with van der Waals surface area (Å²) in [5, 5.41) is 11.8. The van der Waals surface area contributed by atoms with Crippen LogP contribution in [0.4, 0.5) is 5.69 Å². The second-order valence-corrected chi connectivity index (χ2v) is 5.48. The maximum absolute atomic E-state index is 12.3. The molecule has 1 N–H and O–H groups in total. The van der Waals surface area contributed by atoms with Crippen molar-refractivity contribution in [3.8, 4) is 5.69 Å². The molecule has 0 unspecified atom stereocenters. The molecule has 6 nitrogen and oxygen atoms in total. The highest BCUT2D eigenvalue weighted by molar-refractivity contribution is 6.32. The van der Waals surface area contributed by atoms with Crippen LogP contribution in [0.25, 0.3) is 5.69 Å². The zero-order valence-corrected chi connectivity index (χ0v) is 13.4. The minimum atomic E-state index is -0.237. The van der Waals surface area contributed by atoms with Gasteiger partial charge in [-0.3, -0.25) is 9.48 Å². The largest absolute Gasteiger partial charge is 0.319 e. The van der Waals surface area contributed by atoms with Crippen molar-refractivity contribution in [2.75, 3.05) is 5.32 Å². The number of hydrogen-bond donors (Lipinski definition) is 1. The summed E-state index contributed by atoms with van der Waals surface area (Å²) >= 11 is 6.14. The Morgan fingerprint density at radius 1 is 1.22 bits per heavy atom. The molecule has 3 aromatic rings. The fraction of sp³-hybridized carbons (Fsp3) is 0.188. The number of carbonyl (C=O) groups excluding carboxylic acids is 1. The van der Waals surface area contributed by atoms with Gasteiger partial charge >= 0.3 is 0 Å². The molecule has 2 aromatic heterocycles. The van der Waals surface area contributed by atoms with Gasteiger partial charge in [0.1, 0.15) is 0 Å². The van der Waals surface area contributed by atoms with Crippen molar-refractivity contribution in [3.05, 3.63) is 59.6 Å². The monoisotopic (exact) mass is 329 g/mol. The second-order valence-electron chi connectivity index (χ2n) is 5.07. The Kier molecular flexibility index (Phi) is 4.43. The van der Waals surface area contributed by atoms with Crippen LogP contribution in [0.1, 0.15) is 23.7 Å². The van der Waals surface area contributed by atoms with Gasteiger partial charge in [0.2, 0.25) is 0 Å². The summed E-state index contributed by atoms with van der Waals surface area (Å²) in [6.07, 6.45) is 7.58. The number of anilines is 1. The third kappa shape index (κ3) is 3.43. The van der Waals surface area contributed by atoms with E-state index in [9.17, 15) is 4.79 Å². The molecule has 0 saturated carbocycles. The van der Waals surface area contributed by atoms with Crippen LogP contribution in [-0.4, -0.2) is 25.5 Å². The number of hydrogen-bond acceptors (Lipinski definition) is 3. The average molecular weight is 330 g/mol. The topological polar surface area (TPSA) is 64.7 Å². The normalized spacial score (nSPS) is 10.7. The van der Waals surface area contributed by atoms with Gasteiger partial charge in [0.15, 0.2) is 0 Å². The number of para-hydroxylation sites is 1. The van der Waals surface area contributed by atoms with Crippen molar-refractivity contribution in [2.45, 2.75) is 19.9 Å². The predicted molar refractivity (Wildman–Crippen MR) is 89.0 cm³/mol. The van der Waals surface area contributed by atoms with Gasteiger partial charge in [-0.25, -0.2) is 4.68 Å². The van der Waals surface area contributed by atoms with Crippen molar-refractivity contribution < 1.29 is 4.79 Å². The first-order valence-corrected chi connectivity index (χ1v) is 7.68. The number of carbonyl (C=O) groups is 1. The van der Waals surface area contributed by atoms with E-state index in [2.05, 4.69) is 22.4 Å². The van der Waals surface area contributed by atoms with Crippen LogP contribution in [0.2, 0.25) is 5.02 Å². The molecule has 0 spiro atoms. The number of nitrogens with one attached hydrogen (secondary N) is 1. The standard InChI is InChI=1S/C16H16ClN5O/c1-2-7-21-11-13(9-18-21)20-16(23)12-8-19-22(10-12)15-6-4-3-5-14(15)17/h3-6,8-11H,2,7H2,1H3,(H,20,23). The first-order valence-electron chi connectivity index (χ1n) is 7.30. The Morgan fingerprint density at radius 3 is 2.83 bits per heavy atom. The van der Waals surface area contributed by atoms with Gasteiger partial charge in [0, 0.05) is 18.9 Å². The van der Waals surface area contributed by atoms with E-state index in [4.69, 9.17) is 11.6 Å². The van der Waals surface area contributed by atoms with Gasteiger partial charge in [-0.2, -0.15) is 10.2 Å². The van der Waals surface area contributed by atoms with Crippen LogP contribution in [0.5, 0.6) is 0 Å². The van der Waals surface area contributed by atoms with E-state index < -0.39 is 0 Å². The van der Waals surface area contributed by atoms with Crippen LogP contribution >= 0.6 is 11.6 Å². The third-order valence-corrected chi connectivity index (χ3v) is 3.61. The lowest BCUT2D eigenvalue weighted by molar-refractivity contribution is 0.102. The average Bonchev–Trinajstić information content (AvgIpc) is 3.18. The summed E-state index contributed by atoms with van der Waals surface area (Å²) in [5.74, 6) is -0.237. The maximum atomic E-state index is 12.3. The van der Waals surface area contributed by atoms with Crippen LogP contribution < -0.4 is 5.32 Å². The number of benzene rings is 1. The first kappa shape index (κ1) is 15.3. The predicted octanol–water partition coefficient (Wildman–Crippen LogP) is 3.38. The molecule has 0 atom stereocenters. The third-order valence-electron chi connectivity index (χ3n) is 3.29. The summed E-state index contributed by atoms with van der Waals surface area (Å²) in [7, 11) is 0. The summed E-state index contributed by atoms with van der Waals surface area (Å²) in [4.78, 5) is 12.3. The van der Waals surface area contributed by atoms with Crippen molar-refractivity contribution in [2.24, 2.45) is 0 Å². The number of aromatic nitrogens is 4. The Balaban J connectivity index is 1.74. The number of aryl methyl sites for hydroxylation is 1. The highest BCUT2D eigenvalue weighted by Gasteiger charge is 2.12. The molecule has 0 aliphatic rings. The fourth-order valence-corrected chi connectivity index (χ4v) is 2.41. The zero-order valence-electron chi connectivity index (χ0n) is 12.6. The molecular formula is C16H16ClN5O. The maximum Gasteiger partial charge on any atom is 0.258 e. The molecule has 118 valence electrons. The minimum Gasteiger partial charge on any atom is -0.319 e. The summed E-state index contributed by atoms with van der Waals surface area (Å²) in [6.45, 7) is 2.89. The van der Waals surface area contributed by atoms with Crippen molar-refractivity contribution in [1.29, 1.82) is 0 Å². The fourth-order valence-electron chi connectivity index (χ4n) is 2.19. The van der Waals surface area contributed by atoms with E-state index >= 15 is 0 Å². The number of nitrogens with zero attached hydrogens (tertiary/aromatic N) is 4. The quantitative estimate of drug-likeness (QED) is 0.780. The number of halogens is 1. The van der Waals surface area contributed by atoms with Gasteiger partial charge in [0.25, 0.3) is 5.91 Å². The van der Waals surface area contributed by atoms with Gasteiger partial charge in [-0.05, 0) is 18.6 Å². The Morgan fingerprint density at radius 2 is 2.04 bits per heavy atom. The van der Waals surface area contributed by atoms with Gasteiger partial charge in [0.05, 0.1) is 34.4 Å². The molecule has 0 bridgehead atoms. The highest BCUT2D eigenvalue weighted by Crippen LogP contribution is 2.19. The van der Waals surface area contributed by atoms with Crippen molar-refractivity contribution in [3.63, 3.8) is 0 Å². The molecule has 0 radical (unpaired) electrons. The van der Waals surface area contributed by atoms with E-state index in [0.717, 1.165) is 18.7 Å². The molecule has 0 aliphatic carbocycles. The van der Waals surface area contributed by atoms with Crippen molar-refractivity contribution in [1.82, 2.24) is 19.6 Å². The van der Waals surface area contributed by atoms with E-state index in [1.807, 2.05) is 18.2 Å². The highest BCUT2D eigenvalue weighted by atomic mass is 35.5.